The minimum absolute atomic E-state index is 0.00341. The van der Waals surface area contributed by atoms with Gasteiger partial charge in [-0.1, -0.05) is 12.1 Å². The fourth-order valence-electron chi connectivity index (χ4n) is 1.83. The van der Waals surface area contributed by atoms with Crippen LogP contribution in [0.5, 0.6) is 5.75 Å². The number of ether oxygens (including phenoxy) is 1. The maximum atomic E-state index is 13.4. The zero-order valence-corrected chi connectivity index (χ0v) is 12.4. The van der Waals surface area contributed by atoms with Crippen molar-refractivity contribution in [2.75, 3.05) is 5.43 Å². The topological polar surface area (TPSA) is 89.3 Å². The molecule has 0 aliphatic carbocycles. The Labute approximate surface area is 136 Å². The Bertz CT molecular complexity index is 823. The first-order chi connectivity index (χ1) is 11.7. The van der Waals surface area contributed by atoms with E-state index in [-0.39, 0.29) is 24.1 Å². The Kier molecular flexibility index (Phi) is 4.66. The van der Waals surface area contributed by atoms with Crippen LogP contribution in [0.4, 0.5) is 10.3 Å². The molecule has 0 aliphatic heterocycles. The van der Waals surface area contributed by atoms with Gasteiger partial charge in [0.2, 0.25) is 5.95 Å². The van der Waals surface area contributed by atoms with Gasteiger partial charge >= 0.3 is 5.91 Å². The number of nitrogens with zero attached hydrogens (tertiary/aromatic N) is 2. The molecular weight excluding hydrogens is 315 g/mol. The summed E-state index contributed by atoms with van der Waals surface area (Å²) in [7, 11) is 0. The van der Waals surface area contributed by atoms with E-state index in [0.717, 1.165) is 0 Å². The van der Waals surface area contributed by atoms with Crippen molar-refractivity contribution in [3.05, 3.63) is 72.2 Å². The van der Waals surface area contributed by atoms with Crippen LogP contribution >= 0.6 is 0 Å². The fraction of sp³-hybridized carbons (Fsp3) is 0.0625. The number of hydrazine groups is 1. The largest absolute Gasteiger partial charge is 0.483 e. The van der Waals surface area contributed by atoms with Crippen LogP contribution in [-0.4, -0.2) is 15.9 Å². The monoisotopic (exact) mass is 328 g/mol. The van der Waals surface area contributed by atoms with Gasteiger partial charge in [-0.05, 0) is 30.3 Å². The molecule has 0 atom stereocenters. The molecule has 0 fully saturated rings. The second-order valence-corrected chi connectivity index (χ2v) is 4.64. The summed E-state index contributed by atoms with van der Waals surface area (Å²) >= 11 is 0. The first kappa shape index (κ1) is 15.5. The molecule has 0 spiro atoms. The van der Waals surface area contributed by atoms with Gasteiger partial charge in [-0.3, -0.25) is 15.6 Å². The Balaban J connectivity index is 1.55. The summed E-state index contributed by atoms with van der Waals surface area (Å²) in [5.74, 6) is -0.137. The van der Waals surface area contributed by atoms with E-state index in [1.807, 2.05) is 0 Å². The number of furan rings is 1. The van der Waals surface area contributed by atoms with Gasteiger partial charge in [0, 0.05) is 12.4 Å². The molecule has 8 heteroatoms. The van der Waals surface area contributed by atoms with E-state index in [9.17, 15) is 9.18 Å². The number of aromatic nitrogens is 2. The van der Waals surface area contributed by atoms with Crippen molar-refractivity contribution in [2.24, 2.45) is 0 Å². The quantitative estimate of drug-likeness (QED) is 0.676. The Morgan fingerprint density at radius 1 is 1.12 bits per heavy atom. The average molecular weight is 328 g/mol. The van der Waals surface area contributed by atoms with Gasteiger partial charge in [-0.25, -0.2) is 14.4 Å². The Morgan fingerprint density at radius 3 is 2.71 bits per heavy atom. The minimum Gasteiger partial charge on any atom is -0.483 e. The van der Waals surface area contributed by atoms with Crippen LogP contribution < -0.4 is 15.6 Å². The van der Waals surface area contributed by atoms with Gasteiger partial charge < -0.3 is 9.15 Å². The van der Waals surface area contributed by atoms with Gasteiger partial charge in [0.25, 0.3) is 0 Å². The highest BCUT2D eigenvalue weighted by Gasteiger charge is 2.12. The molecule has 1 amide bonds. The predicted molar refractivity (Wildman–Crippen MR) is 82.6 cm³/mol. The molecule has 3 rings (SSSR count). The maximum Gasteiger partial charge on any atom is 0.305 e. The van der Waals surface area contributed by atoms with Crippen molar-refractivity contribution in [3.8, 4) is 5.75 Å². The molecule has 2 N–H and O–H groups in total. The van der Waals surface area contributed by atoms with Crippen molar-refractivity contribution < 1.29 is 18.3 Å². The Hall–Kier alpha value is -3.42. The highest BCUT2D eigenvalue weighted by molar-refractivity contribution is 5.92. The molecule has 0 unspecified atom stereocenters. The number of benzene rings is 1. The first-order valence-corrected chi connectivity index (χ1v) is 7.02. The fourth-order valence-corrected chi connectivity index (χ4v) is 1.83. The number of nitrogens with one attached hydrogen (secondary N) is 2. The zero-order valence-electron chi connectivity index (χ0n) is 12.4. The van der Waals surface area contributed by atoms with Crippen molar-refractivity contribution in [2.45, 2.75) is 6.61 Å². The summed E-state index contributed by atoms with van der Waals surface area (Å²) in [6, 6.07) is 10.8. The van der Waals surface area contributed by atoms with E-state index in [2.05, 4.69) is 20.8 Å². The normalized spacial score (nSPS) is 10.2. The molecule has 24 heavy (non-hydrogen) atoms. The highest BCUT2D eigenvalue weighted by Crippen LogP contribution is 2.18. The summed E-state index contributed by atoms with van der Waals surface area (Å²) in [5, 5.41) is 0. The lowest BCUT2D eigenvalue weighted by molar-refractivity contribution is 0.0930. The van der Waals surface area contributed by atoms with E-state index < -0.39 is 11.7 Å². The van der Waals surface area contributed by atoms with Crippen LogP contribution in [0.15, 0.2) is 59.3 Å². The Morgan fingerprint density at radius 2 is 1.92 bits per heavy atom. The number of amides is 1. The van der Waals surface area contributed by atoms with Crippen LogP contribution in [0.1, 0.15) is 16.3 Å². The number of halogens is 1. The van der Waals surface area contributed by atoms with Crippen molar-refractivity contribution in [1.82, 2.24) is 15.4 Å². The van der Waals surface area contributed by atoms with Gasteiger partial charge in [0.05, 0.1) is 0 Å². The molecule has 0 aliphatic rings. The summed E-state index contributed by atoms with van der Waals surface area (Å²) in [4.78, 5) is 19.7. The maximum absolute atomic E-state index is 13.4. The van der Waals surface area contributed by atoms with Crippen molar-refractivity contribution in [1.29, 1.82) is 0 Å². The van der Waals surface area contributed by atoms with Crippen LogP contribution in [0.2, 0.25) is 0 Å². The molecule has 0 saturated carbocycles. The molecule has 2 heterocycles. The number of anilines is 1. The average Bonchev–Trinajstić information content (AvgIpc) is 3.09. The molecule has 0 radical (unpaired) electrons. The molecule has 7 nitrogen and oxygen atoms in total. The van der Waals surface area contributed by atoms with E-state index >= 15 is 0 Å². The molecule has 2 aromatic heterocycles. The number of carbonyl (C=O) groups excluding carboxylic acids is 1. The molecule has 0 bridgehead atoms. The van der Waals surface area contributed by atoms with Crippen molar-refractivity contribution in [3.63, 3.8) is 0 Å². The second kappa shape index (κ2) is 7.23. The van der Waals surface area contributed by atoms with E-state index in [0.29, 0.717) is 5.76 Å². The van der Waals surface area contributed by atoms with Crippen LogP contribution in [-0.2, 0) is 6.61 Å². The van der Waals surface area contributed by atoms with Gasteiger partial charge in [0.15, 0.2) is 17.3 Å². The molecule has 1 aromatic carbocycles. The number of hydrogen-bond acceptors (Lipinski definition) is 6. The second-order valence-electron chi connectivity index (χ2n) is 4.64. The third-order valence-electron chi connectivity index (χ3n) is 2.95. The number of carbonyl (C=O) groups is 1. The van der Waals surface area contributed by atoms with Crippen molar-refractivity contribution >= 4 is 11.9 Å². The number of para-hydroxylation sites is 1. The standard InChI is InChI=1S/C16H13FN4O3/c17-12-4-1-2-5-13(12)23-10-11-6-7-14(24-11)15(22)20-21-16-18-8-3-9-19-16/h1-9H,10H2,(H,20,22)(H,18,19,21). The lowest BCUT2D eigenvalue weighted by Gasteiger charge is -2.05. The van der Waals surface area contributed by atoms with E-state index in [1.165, 1.54) is 30.6 Å². The molecule has 122 valence electrons. The lowest BCUT2D eigenvalue weighted by atomic mass is 10.3. The van der Waals surface area contributed by atoms with Crippen LogP contribution in [0, 0.1) is 5.82 Å². The summed E-state index contributed by atoms with van der Waals surface area (Å²) < 4.78 is 24.1. The van der Waals surface area contributed by atoms with E-state index in [1.54, 1.807) is 24.3 Å². The number of hydrogen-bond donors (Lipinski definition) is 2. The molecule has 3 aromatic rings. The molecular formula is C16H13FN4O3. The first-order valence-electron chi connectivity index (χ1n) is 7.02. The summed E-state index contributed by atoms with van der Waals surface area (Å²) in [5.41, 5.74) is 4.96. The highest BCUT2D eigenvalue weighted by atomic mass is 19.1. The van der Waals surface area contributed by atoms with Gasteiger partial charge in [0.1, 0.15) is 12.4 Å². The van der Waals surface area contributed by atoms with Gasteiger partial charge in [-0.15, -0.1) is 0 Å². The SMILES string of the molecule is O=C(NNc1ncccn1)c1ccc(COc2ccccc2F)o1. The third-order valence-corrected chi connectivity index (χ3v) is 2.95. The zero-order chi connectivity index (χ0) is 16.8. The van der Waals surface area contributed by atoms with Crippen LogP contribution in [0.3, 0.4) is 0 Å². The minimum atomic E-state index is -0.500. The third kappa shape index (κ3) is 3.86. The summed E-state index contributed by atoms with van der Waals surface area (Å²) in [6.45, 7) is 0.00341. The molecule has 0 saturated heterocycles. The van der Waals surface area contributed by atoms with E-state index in [4.69, 9.17) is 9.15 Å². The van der Waals surface area contributed by atoms with Gasteiger partial charge in [-0.2, -0.15) is 0 Å². The smallest absolute Gasteiger partial charge is 0.305 e. The lowest BCUT2D eigenvalue weighted by Crippen LogP contribution is -2.29. The number of rotatable bonds is 6. The summed E-state index contributed by atoms with van der Waals surface area (Å²) in [6.07, 6.45) is 3.07. The predicted octanol–water partition coefficient (Wildman–Crippen LogP) is 2.54. The van der Waals surface area contributed by atoms with Crippen LogP contribution in [0.25, 0.3) is 0 Å².